The number of fused-ring (bicyclic) bond motifs is 2. The largest absolute Gasteiger partial charge is 0.497 e. The maximum atomic E-state index is 5.83. The Labute approximate surface area is 534 Å². The third kappa shape index (κ3) is 12.1. The van der Waals surface area contributed by atoms with Crippen molar-refractivity contribution < 1.29 is 9.47 Å². The minimum atomic E-state index is 0.109. The number of hydrogen-bond donors (Lipinski definition) is 0. The predicted octanol–water partition coefficient (Wildman–Crippen LogP) is 23.3. The molecule has 6 nitrogen and oxygen atoms in total. The Bertz CT molecular complexity index is 4690. The van der Waals surface area contributed by atoms with Gasteiger partial charge in [-0.2, -0.15) is 0 Å². The van der Waals surface area contributed by atoms with Crippen molar-refractivity contribution in [1.29, 1.82) is 0 Å². The third-order valence-corrected chi connectivity index (χ3v) is 17.4. The average Bonchev–Trinajstić information content (AvgIpc) is 1.42. The highest BCUT2D eigenvalue weighted by Gasteiger charge is 2.23. The Morgan fingerprint density at radius 3 is 1.08 bits per heavy atom. The molecule has 0 radical (unpaired) electrons. The molecule has 0 spiro atoms. The summed E-state index contributed by atoms with van der Waals surface area (Å²) in [5.74, 6) is 1.68. The number of benzene rings is 13. The van der Waals surface area contributed by atoms with E-state index in [0.29, 0.717) is 6.61 Å². The molecule has 6 heteroatoms. The molecule has 0 aliphatic heterocycles. The van der Waals surface area contributed by atoms with E-state index in [-0.39, 0.29) is 6.04 Å². The first-order chi connectivity index (χ1) is 44.8. The number of nitrogens with zero attached hydrogens (tertiary/aromatic N) is 4. The van der Waals surface area contributed by atoms with Crippen molar-refractivity contribution in [3.8, 4) is 33.8 Å². The van der Waals surface area contributed by atoms with Crippen LogP contribution in [0.5, 0.6) is 11.5 Å². The van der Waals surface area contributed by atoms with Crippen LogP contribution in [-0.2, 0) is 0 Å². The monoisotopic (exact) mass is 1180 g/mol. The second-order valence-corrected chi connectivity index (χ2v) is 23.2. The molecule has 1 aliphatic carbocycles. The highest BCUT2D eigenvalue weighted by atomic mass is 16.5. The van der Waals surface area contributed by atoms with Crippen LogP contribution in [0, 0.1) is 13.8 Å². The fourth-order valence-electron chi connectivity index (χ4n) is 12.7. The van der Waals surface area contributed by atoms with Gasteiger partial charge in [-0.15, -0.1) is 0 Å². The first-order valence-corrected chi connectivity index (χ1v) is 31.4. The number of rotatable bonds is 18. The molecule has 0 N–H and O–H groups in total. The maximum Gasteiger partial charge on any atom is 0.119 e. The molecule has 442 valence electrons. The van der Waals surface area contributed by atoms with Gasteiger partial charge in [-0.1, -0.05) is 187 Å². The van der Waals surface area contributed by atoms with Gasteiger partial charge in [-0.05, 0) is 217 Å². The quantitative estimate of drug-likeness (QED) is 0.0851. The van der Waals surface area contributed by atoms with Crippen molar-refractivity contribution in [3.05, 3.63) is 338 Å². The van der Waals surface area contributed by atoms with E-state index in [1.54, 1.807) is 7.11 Å². The molecule has 13 aromatic carbocycles. The van der Waals surface area contributed by atoms with Crippen LogP contribution < -0.4 is 29.1 Å². The normalized spacial score (nSPS) is 12.7. The van der Waals surface area contributed by atoms with Crippen LogP contribution in [0.1, 0.15) is 30.0 Å². The summed E-state index contributed by atoms with van der Waals surface area (Å²) < 4.78 is 11.4. The minimum absolute atomic E-state index is 0.109. The number of ether oxygens (including phenoxy) is 2. The first kappa shape index (κ1) is 57.4. The van der Waals surface area contributed by atoms with Gasteiger partial charge in [0.05, 0.1) is 31.1 Å². The lowest BCUT2D eigenvalue weighted by molar-refractivity contribution is 0.340. The molecule has 1 atom stereocenters. The number of aryl methyl sites for hydroxylation is 2. The molecule has 0 saturated carbocycles. The van der Waals surface area contributed by atoms with E-state index >= 15 is 0 Å². The van der Waals surface area contributed by atoms with Crippen molar-refractivity contribution in [2.45, 2.75) is 33.2 Å². The number of hydrogen-bond acceptors (Lipinski definition) is 6. The Morgan fingerprint density at radius 1 is 0.341 bits per heavy atom. The topological polar surface area (TPSA) is 31.4 Å². The van der Waals surface area contributed by atoms with Gasteiger partial charge < -0.3 is 29.1 Å². The smallest absolute Gasteiger partial charge is 0.119 e. The molecule has 0 fully saturated rings. The summed E-state index contributed by atoms with van der Waals surface area (Å²) in [6.07, 6.45) is 7.90. The fourth-order valence-corrected chi connectivity index (χ4v) is 12.7. The molecule has 91 heavy (non-hydrogen) atoms. The van der Waals surface area contributed by atoms with Gasteiger partial charge in [0.15, 0.2) is 0 Å². The molecule has 14 rings (SSSR count). The molecule has 1 aliphatic rings. The second-order valence-electron chi connectivity index (χ2n) is 23.2. The van der Waals surface area contributed by atoms with E-state index in [2.05, 4.69) is 343 Å². The lowest BCUT2D eigenvalue weighted by atomic mass is 9.95. The van der Waals surface area contributed by atoms with Gasteiger partial charge in [0.1, 0.15) is 11.5 Å². The van der Waals surface area contributed by atoms with Crippen LogP contribution in [0.4, 0.5) is 62.6 Å². The van der Waals surface area contributed by atoms with Gasteiger partial charge in [0, 0.05) is 62.0 Å². The van der Waals surface area contributed by atoms with E-state index in [4.69, 9.17) is 9.47 Å². The Morgan fingerprint density at radius 2 is 0.681 bits per heavy atom. The highest BCUT2D eigenvalue weighted by molar-refractivity contribution is 6.00. The predicted molar refractivity (Wildman–Crippen MR) is 384 cm³/mol. The van der Waals surface area contributed by atoms with Crippen molar-refractivity contribution in [1.82, 2.24) is 0 Å². The molecular formula is C85H70N4O2. The average molecular weight is 1180 g/mol. The van der Waals surface area contributed by atoms with Crippen molar-refractivity contribution in [2.24, 2.45) is 0 Å². The third-order valence-electron chi connectivity index (χ3n) is 17.4. The molecule has 0 aromatic heterocycles. The minimum Gasteiger partial charge on any atom is -0.497 e. The summed E-state index contributed by atoms with van der Waals surface area (Å²) in [5, 5.41) is 4.82. The van der Waals surface area contributed by atoms with Gasteiger partial charge in [-0.25, -0.2) is 0 Å². The maximum absolute atomic E-state index is 5.83. The van der Waals surface area contributed by atoms with E-state index in [1.165, 1.54) is 43.8 Å². The molecule has 0 bridgehead atoms. The van der Waals surface area contributed by atoms with Crippen LogP contribution in [0.2, 0.25) is 0 Å². The molecule has 13 aromatic rings. The lowest BCUT2D eigenvalue weighted by Gasteiger charge is -2.33. The lowest BCUT2D eigenvalue weighted by Crippen LogP contribution is -2.30. The fraction of sp³-hybridized carbons (Fsp3) is 0.0824. The van der Waals surface area contributed by atoms with E-state index in [9.17, 15) is 0 Å². The first-order valence-electron chi connectivity index (χ1n) is 31.4. The van der Waals surface area contributed by atoms with E-state index < -0.39 is 0 Å². The van der Waals surface area contributed by atoms with E-state index in [0.717, 1.165) is 103 Å². The molecule has 1 unspecified atom stereocenters. The van der Waals surface area contributed by atoms with Gasteiger partial charge in [0.2, 0.25) is 0 Å². The number of methoxy groups -OCH3 is 1. The summed E-state index contributed by atoms with van der Waals surface area (Å²) in [6, 6.07) is 110. The summed E-state index contributed by atoms with van der Waals surface area (Å²) in [5.41, 5.74) is 21.5. The summed E-state index contributed by atoms with van der Waals surface area (Å²) >= 11 is 0. The van der Waals surface area contributed by atoms with Crippen LogP contribution in [0.15, 0.2) is 322 Å². The SMILES string of the molecule is CCOc1ccc(N(c2ccc(C3=CCC(N(c4ccc(C)cc4)c4ccc(-c5ccc(N(c6ccc(OC)cc6)c6ccc(-c7ccc(N(c8ccc(C)cc8)c8cccc9ccccc89)cc7)cc6)cc5)cc4)C=C3)cc2)c2cccc3ccccc23)cc1. The number of allylic oxidation sites excluding steroid dienone is 2. The Balaban J connectivity index is 0.702. The van der Waals surface area contributed by atoms with Gasteiger partial charge in [0.25, 0.3) is 0 Å². The zero-order chi connectivity index (χ0) is 61.6. The van der Waals surface area contributed by atoms with E-state index in [1.807, 2.05) is 19.1 Å². The summed E-state index contributed by atoms with van der Waals surface area (Å²) in [7, 11) is 1.71. The van der Waals surface area contributed by atoms with Crippen LogP contribution in [-0.4, -0.2) is 19.8 Å². The van der Waals surface area contributed by atoms with Gasteiger partial charge in [-0.3, -0.25) is 0 Å². The van der Waals surface area contributed by atoms with Crippen molar-refractivity contribution in [3.63, 3.8) is 0 Å². The Kier molecular flexibility index (Phi) is 16.3. The Hall–Kier alpha value is -11.3. The van der Waals surface area contributed by atoms with Gasteiger partial charge >= 0.3 is 0 Å². The summed E-state index contributed by atoms with van der Waals surface area (Å²) in [6.45, 7) is 6.93. The van der Waals surface area contributed by atoms with Crippen LogP contribution in [0.3, 0.4) is 0 Å². The van der Waals surface area contributed by atoms with Crippen LogP contribution in [0.25, 0.3) is 49.4 Å². The zero-order valence-corrected chi connectivity index (χ0v) is 51.7. The van der Waals surface area contributed by atoms with Crippen molar-refractivity contribution in [2.75, 3.05) is 33.3 Å². The summed E-state index contributed by atoms with van der Waals surface area (Å²) in [4.78, 5) is 9.48. The second kappa shape index (κ2) is 25.8. The number of anilines is 11. The molecule has 0 heterocycles. The molecule has 0 saturated heterocycles. The van der Waals surface area contributed by atoms with Crippen molar-refractivity contribution >= 4 is 89.7 Å². The standard InChI is InChI=1S/C85H70N4O2/c1-5-91-81-58-54-79(55-59-81)89(85-19-11-15-69-13-7-9-17-83(69)85)78-50-34-67(35-51-78)64-26-42-72(43-27-64)86(70-36-20-60(2)21-37-70)71-40-24-62(25-41-71)63-28-44-73(45-29-63)87(75-52-56-80(90-4)57-53-75)74-46-30-65(31-47-74)66-32-48-77(49-33-66)88(76-38-22-61(3)23-39-76)84-18-10-14-68-12-6-8-16-82(68)84/h6-42,44-59,72H,5,43H2,1-4H3. The van der Waals surface area contributed by atoms with Crippen LogP contribution >= 0.6 is 0 Å². The molecule has 0 amide bonds. The zero-order valence-electron chi connectivity index (χ0n) is 51.7. The molecular weight excluding hydrogens is 1110 g/mol. The highest BCUT2D eigenvalue weighted by Crippen LogP contribution is 2.44.